The molecule has 0 saturated heterocycles. The molecule has 0 aromatic heterocycles. The molecule has 4 heteroatoms. The molecular formula is C17H22BrNO2. The summed E-state index contributed by atoms with van der Waals surface area (Å²) in [4.78, 5) is 12.1. The fourth-order valence-electron chi connectivity index (χ4n) is 2.52. The number of ether oxygens (including phenoxy) is 1. The molecule has 1 aromatic carbocycles. The molecule has 0 amide bonds. The van der Waals surface area contributed by atoms with Gasteiger partial charge >= 0.3 is 5.97 Å². The van der Waals surface area contributed by atoms with Crippen LogP contribution in [0.5, 0.6) is 0 Å². The second-order valence-electron chi connectivity index (χ2n) is 5.40. The van der Waals surface area contributed by atoms with Crippen molar-refractivity contribution < 1.29 is 9.53 Å². The van der Waals surface area contributed by atoms with Gasteiger partial charge in [0.25, 0.3) is 0 Å². The lowest BCUT2D eigenvalue weighted by molar-refractivity contribution is -0.147. The van der Waals surface area contributed by atoms with Crippen molar-refractivity contribution in [1.29, 1.82) is 0 Å². The molecule has 0 aliphatic carbocycles. The lowest BCUT2D eigenvalue weighted by atomic mass is 9.99. The maximum Gasteiger partial charge on any atom is 0.336 e. The van der Waals surface area contributed by atoms with Gasteiger partial charge in [-0.15, -0.1) is 0 Å². The quantitative estimate of drug-likeness (QED) is 0.597. The summed E-state index contributed by atoms with van der Waals surface area (Å²) in [6, 6.07) is 10.1. The molecule has 2 rings (SSSR count). The summed E-state index contributed by atoms with van der Waals surface area (Å²) < 4.78 is 5.67. The Balaban J connectivity index is 2.14. The summed E-state index contributed by atoms with van der Waals surface area (Å²) in [7, 11) is 0. The molecule has 1 atom stereocenters. The first kappa shape index (κ1) is 16.2. The molecule has 0 spiro atoms. The van der Waals surface area contributed by atoms with Gasteiger partial charge in [-0.3, -0.25) is 5.32 Å². The minimum atomic E-state index is -0.712. The number of alkyl halides is 1. The third kappa shape index (κ3) is 3.55. The number of rotatable bonds is 7. The molecule has 0 radical (unpaired) electrons. The van der Waals surface area contributed by atoms with Gasteiger partial charge in [-0.25, -0.2) is 4.79 Å². The van der Waals surface area contributed by atoms with E-state index >= 15 is 0 Å². The molecule has 1 N–H and O–H groups in total. The Bertz CT molecular complexity index is 527. The third-order valence-corrected chi connectivity index (χ3v) is 4.75. The lowest BCUT2D eigenvalue weighted by Gasteiger charge is -2.29. The summed E-state index contributed by atoms with van der Waals surface area (Å²) >= 11 is 3.50. The number of halogens is 1. The first-order valence-electron chi connectivity index (χ1n) is 7.41. The van der Waals surface area contributed by atoms with Crippen LogP contribution in [0.1, 0.15) is 38.7 Å². The van der Waals surface area contributed by atoms with Crippen LogP contribution in [0.25, 0.3) is 0 Å². The Labute approximate surface area is 134 Å². The zero-order valence-electron chi connectivity index (χ0n) is 12.6. The Kier molecular flexibility index (Phi) is 5.59. The average Bonchev–Trinajstić information content (AvgIpc) is 2.75. The molecular weight excluding hydrogens is 330 g/mol. The summed E-state index contributed by atoms with van der Waals surface area (Å²) in [6.45, 7) is 4.79. The van der Waals surface area contributed by atoms with E-state index in [1.165, 1.54) is 5.56 Å². The summed E-state index contributed by atoms with van der Waals surface area (Å²) in [5.74, 6) is -0.180. The minimum absolute atomic E-state index is 0.180. The number of nitrogens with one attached hydrogen (secondary N) is 1. The van der Waals surface area contributed by atoms with Crippen LogP contribution in [0, 0.1) is 0 Å². The number of cyclic esters (lactones) is 1. The maximum atomic E-state index is 12.1. The van der Waals surface area contributed by atoms with Gasteiger partial charge in [-0.2, -0.15) is 0 Å². The fraction of sp³-hybridized carbons (Fsp3) is 0.471. The summed E-state index contributed by atoms with van der Waals surface area (Å²) in [5.41, 5.74) is 2.30. The van der Waals surface area contributed by atoms with Crippen LogP contribution >= 0.6 is 15.9 Å². The second kappa shape index (κ2) is 7.23. The SMILES string of the molecule is CCCCC1=C(C)C(CBr)(NCc2ccccc2)OC1=O. The monoisotopic (exact) mass is 351 g/mol. The van der Waals surface area contributed by atoms with Crippen molar-refractivity contribution in [3.63, 3.8) is 0 Å². The standard InChI is InChI=1S/C17H22BrNO2/c1-3-4-10-15-13(2)17(12-18,21-16(15)20)19-11-14-8-6-5-7-9-14/h5-9,19H,3-4,10-12H2,1-2H3. The van der Waals surface area contributed by atoms with Gasteiger partial charge in [-0.1, -0.05) is 59.6 Å². The van der Waals surface area contributed by atoms with E-state index in [2.05, 4.69) is 40.3 Å². The van der Waals surface area contributed by atoms with Crippen molar-refractivity contribution in [2.45, 2.75) is 45.4 Å². The van der Waals surface area contributed by atoms with E-state index in [4.69, 9.17) is 4.74 Å². The second-order valence-corrected chi connectivity index (χ2v) is 5.96. The summed E-state index contributed by atoms with van der Waals surface area (Å²) in [6.07, 6.45) is 2.88. The zero-order chi connectivity index (χ0) is 15.3. The van der Waals surface area contributed by atoms with Crippen LogP contribution < -0.4 is 5.32 Å². The van der Waals surface area contributed by atoms with Crippen LogP contribution in [0.15, 0.2) is 41.5 Å². The van der Waals surface area contributed by atoms with Gasteiger partial charge in [0.2, 0.25) is 0 Å². The first-order valence-corrected chi connectivity index (χ1v) is 8.53. The van der Waals surface area contributed by atoms with Gasteiger partial charge < -0.3 is 4.74 Å². The molecule has 0 bridgehead atoms. The van der Waals surface area contributed by atoms with Crippen molar-refractivity contribution in [3.05, 3.63) is 47.0 Å². The highest BCUT2D eigenvalue weighted by molar-refractivity contribution is 9.09. The minimum Gasteiger partial charge on any atom is -0.436 e. The topological polar surface area (TPSA) is 38.3 Å². The zero-order valence-corrected chi connectivity index (χ0v) is 14.2. The van der Waals surface area contributed by atoms with Crippen molar-refractivity contribution in [3.8, 4) is 0 Å². The van der Waals surface area contributed by atoms with Crippen molar-refractivity contribution >= 4 is 21.9 Å². The van der Waals surface area contributed by atoms with Crippen LogP contribution in [0.3, 0.4) is 0 Å². The van der Waals surface area contributed by atoms with Gasteiger partial charge in [0, 0.05) is 12.1 Å². The third-order valence-electron chi connectivity index (χ3n) is 3.96. The predicted octanol–water partition coefficient (Wildman–Crippen LogP) is 3.93. The van der Waals surface area contributed by atoms with Crippen molar-refractivity contribution in [2.24, 2.45) is 0 Å². The number of esters is 1. The fourth-order valence-corrected chi connectivity index (χ4v) is 3.25. The number of benzene rings is 1. The highest BCUT2D eigenvalue weighted by atomic mass is 79.9. The molecule has 0 saturated carbocycles. The Morgan fingerprint density at radius 1 is 1.29 bits per heavy atom. The van der Waals surface area contributed by atoms with Crippen molar-refractivity contribution in [2.75, 3.05) is 5.33 Å². The Hall–Kier alpha value is -1.13. The highest BCUT2D eigenvalue weighted by Crippen LogP contribution is 2.34. The van der Waals surface area contributed by atoms with E-state index in [0.29, 0.717) is 11.9 Å². The van der Waals surface area contributed by atoms with E-state index in [1.807, 2.05) is 25.1 Å². The Morgan fingerprint density at radius 2 is 2.00 bits per heavy atom. The number of carbonyl (C=O) groups excluding carboxylic acids is 1. The van der Waals surface area contributed by atoms with E-state index in [9.17, 15) is 4.79 Å². The molecule has 0 fully saturated rings. The van der Waals surface area contributed by atoms with E-state index in [1.54, 1.807) is 0 Å². The predicted molar refractivity (Wildman–Crippen MR) is 88.1 cm³/mol. The first-order chi connectivity index (χ1) is 10.1. The average molecular weight is 352 g/mol. The number of carbonyl (C=O) groups is 1. The molecule has 114 valence electrons. The van der Waals surface area contributed by atoms with E-state index in [-0.39, 0.29) is 5.97 Å². The number of unbranched alkanes of at least 4 members (excludes halogenated alkanes) is 1. The number of hydrogen-bond acceptors (Lipinski definition) is 3. The molecule has 1 aromatic rings. The van der Waals surface area contributed by atoms with Gasteiger partial charge in [0.15, 0.2) is 5.72 Å². The van der Waals surface area contributed by atoms with Crippen LogP contribution in [0.4, 0.5) is 0 Å². The summed E-state index contributed by atoms with van der Waals surface area (Å²) in [5, 5.41) is 3.96. The normalized spacial score (nSPS) is 21.8. The van der Waals surface area contributed by atoms with Crippen LogP contribution in [-0.4, -0.2) is 17.0 Å². The number of hydrogen-bond donors (Lipinski definition) is 1. The van der Waals surface area contributed by atoms with Crippen LogP contribution in [-0.2, 0) is 16.1 Å². The molecule has 3 nitrogen and oxygen atoms in total. The van der Waals surface area contributed by atoms with Crippen LogP contribution in [0.2, 0.25) is 0 Å². The lowest BCUT2D eigenvalue weighted by Crippen LogP contribution is -2.48. The molecule has 21 heavy (non-hydrogen) atoms. The van der Waals surface area contributed by atoms with Crippen molar-refractivity contribution in [1.82, 2.24) is 5.32 Å². The van der Waals surface area contributed by atoms with Gasteiger partial charge in [0.05, 0.1) is 5.33 Å². The molecule has 1 unspecified atom stereocenters. The van der Waals surface area contributed by atoms with E-state index < -0.39 is 5.72 Å². The van der Waals surface area contributed by atoms with Gasteiger partial charge in [0.1, 0.15) is 0 Å². The Morgan fingerprint density at radius 3 is 2.62 bits per heavy atom. The molecule has 1 aliphatic rings. The molecule has 1 aliphatic heterocycles. The molecule has 1 heterocycles. The maximum absolute atomic E-state index is 12.1. The largest absolute Gasteiger partial charge is 0.436 e. The van der Waals surface area contributed by atoms with E-state index in [0.717, 1.165) is 30.4 Å². The highest BCUT2D eigenvalue weighted by Gasteiger charge is 2.43. The van der Waals surface area contributed by atoms with Gasteiger partial charge in [-0.05, 0) is 30.9 Å². The smallest absolute Gasteiger partial charge is 0.336 e.